The van der Waals surface area contributed by atoms with E-state index in [9.17, 15) is 0 Å². The summed E-state index contributed by atoms with van der Waals surface area (Å²) in [4.78, 5) is 0. The summed E-state index contributed by atoms with van der Waals surface area (Å²) < 4.78 is 0. The Balaban J connectivity index is 2.30. The third-order valence-electron chi connectivity index (χ3n) is 1.93. The molecular formula is C10H17N. The van der Waals surface area contributed by atoms with Crippen molar-refractivity contribution in [2.24, 2.45) is 0 Å². The van der Waals surface area contributed by atoms with Gasteiger partial charge in [-0.1, -0.05) is 37.1 Å². The van der Waals surface area contributed by atoms with E-state index in [0.29, 0.717) is 0 Å². The van der Waals surface area contributed by atoms with Crippen LogP contribution in [-0.2, 0) is 0 Å². The van der Waals surface area contributed by atoms with Crippen LogP contribution in [0.2, 0.25) is 0 Å². The van der Waals surface area contributed by atoms with Gasteiger partial charge in [0.05, 0.1) is 0 Å². The van der Waals surface area contributed by atoms with E-state index < -0.39 is 0 Å². The SMILES string of the molecule is CCCCC1=CC=CCNC1. The normalized spacial score (nSPS) is 17.7. The van der Waals surface area contributed by atoms with Crippen LogP contribution < -0.4 is 5.32 Å². The predicted octanol–water partition coefficient (Wildman–Crippen LogP) is 2.26. The standard InChI is InChI=1S/C10H17N/c1-2-3-6-10-7-4-5-8-11-9-10/h4-5,7,11H,2-3,6,8-9H2,1H3. The third kappa shape index (κ3) is 3.38. The third-order valence-corrected chi connectivity index (χ3v) is 1.93. The molecule has 0 radical (unpaired) electrons. The highest BCUT2D eigenvalue weighted by Crippen LogP contribution is 2.07. The van der Waals surface area contributed by atoms with Crippen molar-refractivity contribution in [1.82, 2.24) is 5.32 Å². The molecule has 1 heteroatoms. The summed E-state index contributed by atoms with van der Waals surface area (Å²) in [6, 6.07) is 0. The zero-order chi connectivity index (χ0) is 7.94. The molecule has 0 fully saturated rings. The Morgan fingerprint density at radius 2 is 2.45 bits per heavy atom. The molecule has 0 aromatic heterocycles. The van der Waals surface area contributed by atoms with Crippen LogP contribution in [0.5, 0.6) is 0 Å². The summed E-state index contributed by atoms with van der Waals surface area (Å²) in [5, 5.41) is 3.35. The molecule has 0 aromatic rings. The van der Waals surface area contributed by atoms with Gasteiger partial charge in [-0.15, -0.1) is 0 Å². The van der Waals surface area contributed by atoms with Crippen molar-refractivity contribution >= 4 is 0 Å². The first kappa shape index (κ1) is 8.54. The van der Waals surface area contributed by atoms with Crippen LogP contribution in [0.15, 0.2) is 23.8 Å². The topological polar surface area (TPSA) is 12.0 Å². The molecular weight excluding hydrogens is 134 g/mol. The largest absolute Gasteiger partial charge is 0.310 e. The molecule has 0 unspecified atom stereocenters. The molecule has 0 aliphatic carbocycles. The molecule has 0 aromatic carbocycles. The van der Waals surface area contributed by atoms with Gasteiger partial charge in [0.2, 0.25) is 0 Å². The van der Waals surface area contributed by atoms with Gasteiger partial charge in [0.1, 0.15) is 0 Å². The first-order valence-electron chi connectivity index (χ1n) is 4.48. The van der Waals surface area contributed by atoms with Crippen molar-refractivity contribution in [3.05, 3.63) is 23.8 Å². The molecule has 11 heavy (non-hydrogen) atoms. The van der Waals surface area contributed by atoms with Gasteiger partial charge in [-0.2, -0.15) is 0 Å². The smallest absolute Gasteiger partial charge is 0.0170 e. The van der Waals surface area contributed by atoms with E-state index in [-0.39, 0.29) is 0 Å². The van der Waals surface area contributed by atoms with Gasteiger partial charge in [-0.25, -0.2) is 0 Å². The number of nitrogens with one attached hydrogen (secondary N) is 1. The van der Waals surface area contributed by atoms with Crippen molar-refractivity contribution in [2.75, 3.05) is 13.1 Å². The first-order valence-corrected chi connectivity index (χ1v) is 4.48. The average molecular weight is 151 g/mol. The van der Waals surface area contributed by atoms with Crippen LogP contribution in [0.1, 0.15) is 26.2 Å². The highest BCUT2D eigenvalue weighted by atomic mass is 14.8. The van der Waals surface area contributed by atoms with Crippen molar-refractivity contribution in [2.45, 2.75) is 26.2 Å². The van der Waals surface area contributed by atoms with Crippen LogP contribution in [0.4, 0.5) is 0 Å². The molecule has 1 N–H and O–H groups in total. The lowest BCUT2D eigenvalue weighted by atomic mass is 10.1. The summed E-state index contributed by atoms with van der Waals surface area (Å²) in [5.41, 5.74) is 1.54. The molecule has 1 heterocycles. The monoisotopic (exact) mass is 151 g/mol. The molecule has 0 bridgehead atoms. The Labute approximate surface area is 69.2 Å². The molecule has 0 spiro atoms. The van der Waals surface area contributed by atoms with E-state index in [2.05, 4.69) is 30.5 Å². The molecule has 0 atom stereocenters. The van der Waals surface area contributed by atoms with Gasteiger partial charge in [-0.05, 0) is 12.8 Å². The second kappa shape index (κ2) is 5.14. The van der Waals surface area contributed by atoms with Crippen molar-refractivity contribution in [1.29, 1.82) is 0 Å². The Morgan fingerprint density at radius 1 is 1.55 bits per heavy atom. The van der Waals surface area contributed by atoms with E-state index in [1.807, 2.05) is 0 Å². The fourth-order valence-corrected chi connectivity index (χ4v) is 1.22. The molecule has 0 saturated carbocycles. The fourth-order valence-electron chi connectivity index (χ4n) is 1.22. The zero-order valence-electron chi connectivity index (χ0n) is 7.27. The lowest BCUT2D eigenvalue weighted by Crippen LogP contribution is -2.15. The summed E-state index contributed by atoms with van der Waals surface area (Å²) in [6.45, 7) is 4.33. The maximum absolute atomic E-state index is 3.35. The van der Waals surface area contributed by atoms with Crippen molar-refractivity contribution in [3.8, 4) is 0 Å². The van der Waals surface area contributed by atoms with Crippen LogP contribution in [0, 0.1) is 0 Å². The minimum Gasteiger partial charge on any atom is -0.310 e. The number of rotatable bonds is 3. The van der Waals surface area contributed by atoms with E-state index in [0.717, 1.165) is 13.1 Å². The maximum atomic E-state index is 3.35. The lowest BCUT2D eigenvalue weighted by molar-refractivity contribution is 0.732. The maximum Gasteiger partial charge on any atom is 0.0170 e. The van der Waals surface area contributed by atoms with Gasteiger partial charge >= 0.3 is 0 Å². The minimum atomic E-state index is 1.02. The summed E-state index contributed by atoms with van der Waals surface area (Å²) in [6.07, 6.45) is 10.4. The van der Waals surface area contributed by atoms with E-state index >= 15 is 0 Å². The van der Waals surface area contributed by atoms with Gasteiger partial charge in [0.15, 0.2) is 0 Å². The number of hydrogen-bond acceptors (Lipinski definition) is 1. The summed E-state index contributed by atoms with van der Waals surface area (Å²) >= 11 is 0. The van der Waals surface area contributed by atoms with Crippen molar-refractivity contribution in [3.63, 3.8) is 0 Å². The highest BCUT2D eigenvalue weighted by molar-refractivity contribution is 5.16. The van der Waals surface area contributed by atoms with Gasteiger partial charge in [0, 0.05) is 13.1 Å². The molecule has 0 saturated heterocycles. The van der Waals surface area contributed by atoms with Crippen LogP contribution >= 0.6 is 0 Å². The molecule has 0 amide bonds. The predicted molar refractivity (Wildman–Crippen MR) is 49.6 cm³/mol. The van der Waals surface area contributed by atoms with E-state index in [1.165, 1.54) is 19.3 Å². The number of hydrogen-bond donors (Lipinski definition) is 1. The molecule has 1 aliphatic rings. The minimum absolute atomic E-state index is 1.02. The Kier molecular flexibility index (Phi) is 3.99. The van der Waals surface area contributed by atoms with Gasteiger partial charge in [-0.3, -0.25) is 0 Å². The molecule has 1 rings (SSSR count). The van der Waals surface area contributed by atoms with Gasteiger partial charge < -0.3 is 5.32 Å². The second-order valence-corrected chi connectivity index (χ2v) is 2.99. The van der Waals surface area contributed by atoms with Crippen LogP contribution in [0.3, 0.4) is 0 Å². The number of unbranched alkanes of at least 4 members (excludes halogenated alkanes) is 1. The fraction of sp³-hybridized carbons (Fsp3) is 0.600. The average Bonchev–Trinajstić information content (AvgIpc) is 2.28. The Hall–Kier alpha value is -0.560. The summed E-state index contributed by atoms with van der Waals surface area (Å²) in [7, 11) is 0. The Morgan fingerprint density at radius 3 is 3.27 bits per heavy atom. The van der Waals surface area contributed by atoms with Gasteiger partial charge in [0.25, 0.3) is 0 Å². The summed E-state index contributed by atoms with van der Waals surface area (Å²) in [5.74, 6) is 0. The van der Waals surface area contributed by atoms with Crippen LogP contribution in [0.25, 0.3) is 0 Å². The Bertz CT molecular complexity index is 156. The van der Waals surface area contributed by atoms with E-state index in [1.54, 1.807) is 5.57 Å². The lowest BCUT2D eigenvalue weighted by Gasteiger charge is -2.03. The quantitative estimate of drug-likeness (QED) is 0.652. The first-order chi connectivity index (χ1) is 5.43. The second-order valence-electron chi connectivity index (χ2n) is 2.99. The van der Waals surface area contributed by atoms with E-state index in [4.69, 9.17) is 0 Å². The van der Waals surface area contributed by atoms with Crippen LogP contribution in [-0.4, -0.2) is 13.1 Å². The number of allylic oxidation sites excluding steroid dienone is 2. The van der Waals surface area contributed by atoms with Crippen molar-refractivity contribution < 1.29 is 0 Å². The zero-order valence-corrected chi connectivity index (χ0v) is 7.27. The molecule has 62 valence electrons. The molecule has 1 nitrogen and oxygen atoms in total. The highest BCUT2D eigenvalue weighted by Gasteiger charge is 1.96. The molecule has 1 aliphatic heterocycles.